The molecule has 0 radical (unpaired) electrons. The van der Waals surface area contributed by atoms with E-state index in [0.29, 0.717) is 43.9 Å². The Balaban J connectivity index is 1.29. The molecule has 4 aliphatic carbocycles. The highest BCUT2D eigenvalue weighted by Gasteiger charge is 2.30. The molecule has 0 aromatic carbocycles. The molecule has 558 valence electrons. The predicted molar refractivity (Wildman–Crippen MR) is 448 cm³/mol. The highest BCUT2D eigenvalue weighted by molar-refractivity contribution is 5.44. The molecule has 0 spiro atoms. The second-order valence-electron chi connectivity index (χ2n) is 32.7. The van der Waals surface area contributed by atoms with E-state index in [1.165, 1.54) is 166 Å². The van der Waals surface area contributed by atoms with Crippen LogP contribution in [0.4, 0.5) is 17.8 Å². The number of aliphatic hydroxyl groups is 1. The molecule has 5 rings (SSSR count). The first-order valence-corrected chi connectivity index (χ1v) is 39.1. The van der Waals surface area contributed by atoms with Crippen molar-refractivity contribution >= 4 is 17.8 Å². The molecule has 0 amide bonds. The topological polar surface area (TPSA) is 101 Å². The van der Waals surface area contributed by atoms with Gasteiger partial charge in [0.15, 0.2) is 0 Å². The smallest absolute Gasteiger partial charge is 0.229 e. The summed E-state index contributed by atoms with van der Waals surface area (Å²) in [6.07, 6.45) is 72.7. The summed E-state index contributed by atoms with van der Waals surface area (Å²) >= 11 is 0. The Morgan fingerprint density at radius 2 is 0.598 bits per heavy atom. The van der Waals surface area contributed by atoms with E-state index in [-0.39, 0.29) is 28.3 Å². The summed E-state index contributed by atoms with van der Waals surface area (Å²) in [4.78, 5) is 19.6. The summed E-state index contributed by atoms with van der Waals surface area (Å²) in [5.41, 5.74) is 22.9. The van der Waals surface area contributed by atoms with Crippen molar-refractivity contribution in [3.63, 3.8) is 0 Å². The molecule has 0 atom stereocenters. The number of unbranched alkanes of at least 4 members (excludes halogenated alkanes) is 1. The second kappa shape index (κ2) is 44.0. The summed E-state index contributed by atoms with van der Waals surface area (Å²) in [6, 6.07) is 0. The van der Waals surface area contributed by atoms with E-state index >= 15 is 0 Å². The summed E-state index contributed by atoms with van der Waals surface area (Å²) < 4.78 is 0. The molecule has 0 bridgehead atoms. The number of rotatable bonds is 39. The van der Waals surface area contributed by atoms with Crippen molar-refractivity contribution < 1.29 is 5.11 Å². The van der Waals surface area contributed by atoms with Gasteiger partial charge >= 0.3 is 0 Å². The lowest BCUT2D eigenvalue weighted by molar-refractivity contribution is 0.286. The summed E-state index contributed by atoms with van der Waals surface area (Å²) in [5, 5.41) is 20.1. The molecule has 0 fully saturated rings. The molecule has 1 aromatic rings. The Labute approximate surface area is 623 Å². The van der Waals surface area contributed by atoms with Crippen LogP contribution in [-0.4, -0.2) is 95.4 Å². The fraction of sp³-hybridized carbons (Fsp3) is 0.538. The minimum Gasteiger partial charge on any atom is -0.396 e. The molecular formula is C93H140N8O. The third kappa shape index (κ3) is 32.0. The summed E-state index contributed by atoms with van der Waals surface area (Å²) in [7, 11) is 0. The van der Waals surface area contributed by atoms with Crippen molar-refractivity contribution in [3.8, 4) is 0 Å². The van der Waals surface area contributed by atoms with Crippen LogP contribution in [-0.2, 0) is 0 Å². The molecule has 4 aliphatic rings. The maximum atomic E-state index is 9.56. The standard InChI is InChI=1S/C93H140N8O/c1-71(45-49-83-79(9)41-27-57-90(83,13)14)33-23-37-75(5)53-66-100(67-54-76(6)38-24-34-72(2)46-50-84-80(10)42-28-58-91(84,15)16)64-31-62-95-88-97-87(94-61-21-22-70-102)98-89(99-88)96-63-32-65-101(68-55-77(7)39-25-35-73(3)47-51-85-81(11)43-29-59-92(85,17)18)69-56-78(8)40-26-36-74(4)48-52-86-82(12)44-30-60-93(86,19)20/h23-26,33-40,45-56,102H,21-22,27-32,41-44,57-70H2,1-20H3,(H3,94,95,96,97,98,99)/b37-23+,38-24+,39-25+,40-26+,49-45+,50-46+,51-47+,52-48+,71-33+,72-34+,73-35+,74-36+,75-53+,76-54+,77-55+,78-56+. The minimum atomic E-state index is 0.153. The van der Waals surface area contributed by atoms with Gasteiger partial charge < -0.3 is 21.1 Å². The number of aliphatic hydroxyl groups excluding tert-OH is 1. The van der Waals surface area contributed by atoms with Crippen LogP contribution in [0.15, 0.2) is 235 Å². The zero-order valence-electron chi connectivity index (χ0n) is 67.9. The molecule has 9 heteroatoms. The highest BCUT2D eigenvalue weighted by Crippen LogP contribution is 2.44. The largest absolute Gasteiger partial charge is 0.396 e. The van der Waals surface area contributed by atoms with E-state index in [9.17, 15) is 5.11 Å². The first-order chi connectivity index (χ1) is 48.5. The zero-order valence-corrected chi connectivity index (χ0v) is 67.9. The number of allylic oxidation sites excluding steroid dienone is 36. The van der Waals surface area contributed by atoms with E-state index in [0.717, 1.165) is 58.5 Å². The fourth-order valence-electron chi connectivity index (χ4n) is 14.5. The van der Waals surface area contributed by atoms with Crippen molar-refractivity contribution in [2.24, 2.45) is 21.7 Å². The van der Waals surface area contributed by atoms with Crippen molar-refractivity contribution in [2.45, 2.75) is 241 Å². The molecule has 1 heterocycles. The van der Waals surface area contributed by atoms with Gasteiger partial charge in [0, 0.05) is 65.5 Å². The maximum absolute atomic E-state index is 9.56. The van der Waals surface area contributed by atoms with E-state index in [1.54, 1.807) is 0 Å². The number of nitrogens with zero attached hydrogens (tertiary/aromatic N) is 5. The second-order valence-corrected chi connectivity index (χ2v) is 32.7. The van der Waals surface area contributed by atoms with Crippen molar-refractivity contribution in [1.29, 1.82) is 0 Å². The van der Waals surface area contributed by atoms with Gasteiger partial charge in [-0.3, -0.25) is 9.80 Å². The fourth-order valence-corrected chi connectivity index (χ4v) is 14.5. The minimum absolute atomic E-state index is 0.153. The molecule has 102 heavy (non-hydrogen) atoms. The average Bonchev–Trinajstić information content (AvgIpc) is 0.847. The zero-order chi connectivity index (χ0) is 74.7. The van der Waals surface area contributed by atoms with Crippen molar-refractivity contribution in [1.82, 2.24) is 24.8 Å². The van der Waals surface area contributed by atoms with Crippen LogP contribution in [0.5, 0.6) is 0 Å². The Kier molecular flexibility index (Phi) is 37.0. The third-order valence-corrected chi connectivity index (χ3v) is 21.2. The number of anilines is 3. The van der Waals surface area contributed by atoms with Crippen LogP contribution in [0, 0.1) is 21.7 Å². The lowest BCUT2D eigenvalue weighted by Gasteiger charge is -2.33. The molecule has 0 saturated carbocycles. The van der Waals surface area contributed by atoms with Gasteiger partial charge in [0.25, 0.3) is 0 Å². The Morgan fingerprint density at radius 1 is 0.353 bits per heavy atom. The third-order valence-electron chi connectivity index (χ3n) is 21.2. The Hall–Kier alpha value is -6.91. The first-order valence-electron chi connectivity index (χ1n) is 39.1. The first kappa shape index (κ1) is 85.7. The van der Waals surface area contributed by atoms with Crippen molar-refractivity contribution in [2.75, 3.05) is 81.5 Å². The van der Waals surface area contributed by atoms with Crippen LogP contribution in [0.1, 0.15) is 241 Å². The quantitative estimate of drug-likeness (QED) is 0.0379. The lowest BCUT2D eigenvalue weighted by Crippen LogP contribution is -2.27. The molecule has 0 saturated heterocycles. The molecule has 0 unspecified atom stereocenters. The van der Waals surface area contributed by atoms with Crippen molar-refractivity contribution in [3.05, 3.63) is 235 Å². The normalized spacial score (nSPS) is 19.8. The van der Waals surface area contributed by atoms with Crippen LogP contribution < -0.4 is 16.0 Å². The average molecular weight is 1390 g/mol. The molecule has 1 aromatic heterocycles. The van der Waals surface area contributed by atoms with E-state index < -0.39 is 0 Å². The van der Waals surface area contributed by atoms with E-state index in [1.807, 2.05) is 0 Å². The van der Waals surface area contributed by atoms with Gasteiger partial charge in [-0.05, 0) is 230 Å². The van der Waals surface area contributed by atoms with Gasteiger partial charge in [0.2, 0.25) is 17.8 Å². The molecule has 0 aliphatic heterocycles. The van der Waals surface area contributed by atoms with Gasteiger partial charge in [-0.1, -0.05) is 268 Å². The lowest BCUT2D eigenvalue weighted by atomic mass is 9.72. The predicted octanol–water partition coefficient (Wildman–Crippen LogP) is 24.4. The summed E-state index contributed by atoms with van der Waals surface area (Å²) in [6.45, 7) is 53.1. The Morgan fingerprint density at radius 3 is 0.833 bits per heavy atom. The summed E-state index contributed by atoms with van der Waals surface area (Å²) in [5.74, 6) is 1.60. The highest BCUT2D eigenvalue weighted by atomic mass is 16.3. The van der Waals surface area contributed by atoms with Crippen LogP contribution in [0.3, 0.4) is 0 Å². The van der Waals surface area contributed by atoms with E-state index in [4.69, 9.17) is 15.0 Å². The van der Waals surface area contributed by atoms with Gasteiger partial charge in [-0.2, -0.15) is 15.0 Å². The number of nitrogens with one attached hydrogen (secondary N) is 3. The number of aromatic nitrogens is 3. The Bertz CT molecular complexity index is 3130. The molecule has 4 N–H and O–H groups in total. The van der Waals surface area contributed by atoms with Gasteiger partial charge in [-0.15, -0.1) is 0 Å². The number of hydrogen-bond donors (Lipinski definition) is 4. The maximum Gasteiger partial charge on any atom is 0.229 e. The van der Waals surface area contributed by atoms with Crippen LogP contribution in [0.2, 0.25) is 0 Å². The molecular weight excluding hydrogens is 1250 g/mol. The van der Waals surface area contributed by atoms with E-state index in [2.05, 4.69) is 310 Å². The van der Waals surface area contributed by atoms with Crippen LogP contribution in [0.25, 0.3) is 0 Å². The van der Waals surface area contributed by atoms with Gasteiger partial charge in [-0.25, -0.2) is 0 Å². The van der Waals surface area contributed by atoms with Gasteiger partial charge in [0.1, 0.15) is 0 Å². The monoisotopic (exact) mass is 1390 g/mol. The van der Waals surface area contributed by atoms with Crippen LogP contribution >= 0.6 is 0 Å². The SMILES string of the molecule is CC1=C(/C=C/C(C)=C/C=C/C(C)=C/CN(C/C=C(C)/C=C/C=C(C)/C=C/C2=C(C)CCCC2(C)C)CCCNc2nc(NCCCCO)nc(NCCCN(C/C=C(C)/C=C/C=C(C)/C=C/C3=C(C)CCCC3(C)C)C/C=C(C)/C=C/C=C(C)/C=C/C3=C(C)CCCC3(C)C)n2)C(C)(C)CCC1. The van der Waals surface area contributed by atoms with Gasteiger partial charge in [0.05, 0.1) is 0 Å². The molecule has 9 nitrogen and oxygen atoms in total. The number of hydrogen-bond acceptors (Lipinski definition) is 9.